The second-order valence-corrected chi connectivity index (χ2v) is 10.1. The molecule has 1 fully saturated rings. The molecule has 0 saturated heterocycles. The Balaban J connectivity index is 1.13. The van der Waals surface area contributed by atoms with Gasteiger partial charge in [-0.25, -0.2) is 4.98 Å². The Kier molecular flexibility index (Phi) is 6.75. The van der Waals surface area contributed by atoms with Crippen LogP contribution in [-0.2, 0) is 6.42 Å². The molecule has 3 atom stereocenters. The Morgan fingerprint density at radius 1 is 1.12 bits per heavy atom. The zero-order valence-electron chi connectivity index (χ0n) is 20.5. The highest BCUT2D eigenvalue weighted by Gasteiger charge is 2.46. The van der Waals surface area contributed by atoms with Gasteiger partial charge in [-0.2, -0.15) is 0 Å². The van der Waals surface area contributed by atoms with Crippen molar-refractivity contribution in [1.82, 2.24) is 14.9 Å². The Hall–Kier alpha value is -2.63. The van der Waals surface area contributed by atoms with Gasteiger partial charge in [-0.05, 0) is 81.8 Å². The number of nitrogens with zero attached hydrogens (tertiary/aromatic N) is 2. The molecule has 34 heavy (non-hydrogen) atoms. The summed E-state index contributed by atoms with van der Waals surface area (Å²) >= 11 is 0. The van der Waals surface area contributed by atoms with Crippen molar-refractivity contribution >= 4 is 16.6 Å². The molecule has 0 spiro atoms. The van der Waals surface area contributed by atoms with Crippen molar-refractivity contribution in [3.8, 4) is 5.75 Å². The second-order valence-electron chi connectivity index (χ2n) is 10.1. The molecule has 5 heteroatoms. The van der Waals surface area contributed by atoms with Gasteiger partial charge in [-0.1, -0.05) is 42.5 Å². The number of para-hydroxylation sites is 1. The average molecular weight is 460 g/mol. The molecule has 0 amide bonds. The number of nitrogens with one attached hydrogen (secondary N) is 1. The van der Waals surface area contributed by atoms with Crippen LogP contribution in [0.3, 0.4) is 0 Å². The van der Waals surface area contributed by atoms with E-state index in [1.54, 1.807) is 0 Å². The summed E-state index contributed by atoms with van der Waals surface area (Å²) in [6, 6.07) is 16.7. The van der Waals surface area contributed by atoms with Gasteiger partial charge >= 0.3 is 0 Å². The number of rotatable bonds is 10. The van der Waals surface area contributed by atoms with Crippen LogP contribution in [-0.4, -0.2) is 52.3 Å². The van der Waals surface area contributed by atoms with E-state index in [9.17, 15) is 5.11 Å². The Morgan fingerprint density at radius 3 is 2.74 bits per heavy atom. The first-order valence-electron chi connectivity index (χ1n) is 12.8. The molecule has 1 aromatic heterocycles. The third-order valence-corrected chi connectivity index (χ3v) is 7.75. The van der Waals surface area contributed by atoms with Crippen LogP contribution in [0.15, 0.2) is 54.6 Å². The summed E-state index contributed by atoms with van der Waals surface area (Å²) in [6.45, 7) is 4.55. The Bertz CT molecular complexity index is 1140. The summed E-state index contributed by atoms with van der Waals surface area (Å²) in [5, 5.41) is 11.5. The second kappa shape index (κ2) is 9.93. The largest absolute Gasteiger partial charge is 0.492 e. The molecule has 5 nitrogen and oxygen atoms in total. The molecule has 6 rings (SSSR count). The monoisotopic (exact) mass is 459 g/mol. The summed E-state index contributed by atoms with van der Waals surface area (Å²) < 4.78 is 5.71. The van der Waals surface area contributed by atoms with E-state index in [1.165, 1.54) is 17.6 Å². The van der Waals surface area contributed by atoms with Gasteiger partial charge in [0.05, 0.1) is 17.7 Å². The summed E-state index contributed by atoms with van der Waals surface area (Å²) in [5.74, 6) is 2.62. The SMILES string of the molecule is CCOc1cccc2[nH]c(CCCN(C)CC[C@@]3(O)C[C@@H]4CC[C@@H]3C=C4c3ccccc3)nc12. The quantitative estimate of drug-likeness (QED) is 0.423. The minimum atomic E-state index is -0.566. The number of aliphatic hydroxyl groups is 1. The van der Waals surface area contributed by atoms with Gasteiger partial charge < -0.3 is 19.7 Å². The number of aromatic amines is 1. The number of fused-ring (bicyclic) bond motifs is 3. The number of aromatic nitrogens is 2. The lowest BCUT2D eigenvalue weighted by molar-refractivity contribution is -0.0574. The van der Waals surface area contributed by atoms with Gasteiger partial charge in [0.1, 0.15) is 17.1 Å². The van der Waals surface area contributed by atoms with Gasteiger partial charge in [0.15, 0.2) is 0 Å². The van der Waals surface area contributed by atoms with E-state index in [-0.39, 0.29) is 5.92 Å². The molecule has 1 heterocycles. The number of allylic oxidation sites excluding steroid dienone is 1. The summed E-state index contributed by atoms with van der Waals surface area (Å²) in [6.07, 6.45) is 8.36. The predicted molar refractivity (Wildman–Crippen MR) is 138 cm³/mol. The van der Waals surface area contributed by atoms with Gasteiger partial charge in [0.2, 0.25) is 0 Å². The lowest BCUT2D eigenvalue weighted by Gasteiger charge is -2.48. The number of benzene rings is 2. The lowest BCUT2D eigenvalue weighted by atomic mass is 9.61. The van der Waals surface area contributed by atoms with Gasteiger partial charge in [-0.3, -0.25) is 0 Å². The average Bonchev–Trinajstić information content (AvgIpc) is 3.28. The topological polar surface area (TPSA) is 61.4 Å². The van der Waals surface area contributed by atoms with E-state index in [1.807, 2.05) is 19.1 Å². The summed E-state index contributed by atoms with van der Waals surface area (Å²) in [7, 11) is 2.17. The van der Waals surface area contributed by atoms with Crippen LogP contribution in [0.1, 0.15) is 50.4 Å². The first kappa shape index (κ1) is 23.1. The van der Waals surface area contributed by atoms with Crippen LogP contribution in [0, 0.1) is 11.8 Å². The fraction of sp³-hybridized carbons (Fsp3) is 0.483. The highest BCUT2D eigenvalue weighted by molar-refractivity contribution is 5.81. The molecule has 2 N–H and O–H groups in total. The fourth-order valence-electron chi connectivity index (χ4n) is 5.90. The molecule has 0 unspecified atom stereocenters. The summed E-state index contributed by atoms with van der Waals surface area (Å²) in [4.78, 5) is 10.6. The van der Waals surface area contributed by atoms with E-state index in [0.29, 0.717) is 12.5 Å². The minimum absolute atomic E-state index is 0.274. The molecule has 0 radical (unpaired) electrons. The van der Waals surface area contributed by atoms with Gasteiger partial charge in [0, 0.05) is 18.9 Å². The maximum atomic E-state index is 11.5. The van der Waals surface area contributed by atoms with Crippen molar-refractivity contribution in [1.29, 1.82) is 0 Å². The maximum Gasteiger partial charge on any atom is 0.147 e. The van der Waals surface area contributed by atoms with Crippen LogP contribution < -0.4 is 4.74 Å². The first-order chi connectivity index (χ1) is 16.6. The molecule has 3 aliphatic rings. The standard InChI is InChI=1S/C29H37N3O2/c1-3-34-26-12-7-11-25-28(26)31-27(30-25)13-8-17-32(2)18-16-29(33)20-22-14-15-23(29)19-24(22)21-9-5-4-6-10-21/h4-7,9-12,19,22-23,33H,3,8,13-18,20H2,1-2H3,(H,30,31)/t22-,23+,29+/m0/s1. The lowest BCUT2D eigenvalue weighted by Crippen LogP contribution is -2.48. The highest BCUT2D eigenvalue weighted by atomic mass is 16.5. The molecule has 180 valence electrons. The molecule has 2 bridgehead atoms. The summed E-state index contributed by atoms with van der Waals surface area (Å²) in [5.41, 5.74) is 4.17. The third kappa shape index (κ3) is 4.77. The number of ether oxygens (including phenoxy) is 1. The van der Waals surface area contributed by atoms with Crippen molar-refractivity contribution in [2.45, 2.75) is 51.0 Å². The predicted octanol–water partition coefficient (Wildman–Crippen LogP) is 5.46. The molecule has 0 aliphatic heterocycles. The van der Waals surface area contributed by atoms with Crippen LogP contribution in [0.5, 0.6) is 5.75 Å². The van der Waals surface area contributed by atoms with Crippen molar-refractivity contribution in [2.75, 3.05) is 26.7 Å². The van der Waals surface area contributed by atoms with Crippen molar-refractivity contribution in [3.63, 3.8) is 0 Å². The molecular formula is C29H37N3O2. The number of hydrogen-bond acceptors (Lipinski definition) is 4. The van der Waals surface area contributed by atoms with Crippen molar-refractivity contribution in [3.05, 3.63) is 66.0 Å². The molecular weight excluding hydrogens is 422 g/mol. The van der Waals surface area contributed by atoms with E-state index in [4.69, 9.17) is 9.72 Å². The zero-order valence-corrected chi connectivity index (χ0v) is 20.5. The molecule has 2 aromatic carbocycles. The Morgan fingerprint density at radius 2 is 1.97 bits per heavy atom. The smallest absolute Gasteiger partial charge is 0.147 e. The van der Waals surface area contributed by atoms with Crippen LogP contribution in [0.2, 0.25) is 0 Å². The molecule has 1 saturated carbocycles. The Labute approximate surface area is 202 Å². The number of aryl methyl sites for hydroxylation is 1. The minimum Gasteiger partial charge on any atom is -0.492 e. The molecule has 3 aromatic rings. The van der Waals surface area contributed by atoms with E-state index in [0.717, 1.165) is 67.8 Å². The van der Waals surface area contributed by atoms with Crippen LogP contribution in [0.4, 0.5) is 0 Å². The van der Waals surface area contributed by atoms with Crippen LogP contribution in [0.25, 0.3) is 16.6 Å². The normalized spacial score (nSPS) is 24.1. The van der Waals surface area contributed by atoms with Gasteiger partial charge in [-0.15, -0.1) is 0 Å². The van der Waals surface area contributed by atoms with E-state index < -0.39 is 5.60 Å². The fourth-order valence-corrected chi connectivity index (χ4v) is 5.90. The third-order valence-electron chi connectivity index (χ3n) is 7.75. The molecule has 3 aliphatic carbocycles. The van der Waals surface area contributed by atoms with Gasteiger partial charge in [0.25, 0.3) is 0 Å². The van der Waals surface area contributed by atoms with Crippen molar-refractivity contribution in [2.24, 2.45) is 11.8 Å². The van der Waals surface area contributed by atoms with E-state index in [2.05, 4.69) is 59.4 Å². The highest BCUT2D eigenvalue weighted by Crippen LogP contribution is 2.51. The zero-order chi connectivity index (χ0) is 23.5. The number of hydrogen-bond donors (Lipinski definition) is 2. The number of H-pyrrole nitrogens is 1. The first-order valence-corrected chi connectivity index (χ1v) is 12.8. The number of imidazole rings is 1. The van der Waals surface area contributed by atoms with E-state index >= 15 is 0 Å². The van der Waals surface area contributed by atoms with Crippen molar-refractivity contribution < 1.29 is 9.84 Å². The maximum absolute atomic E-state index is 11.5. The van der Waals surface area contributed by atoms with Crippen LogP contribution >= 0.6 is 0 Å².